The van der Waals surface area contributed by atoms with Crippen molar-refractivity contribution in [3.8, 4) is 66.8 Å². The summed E-state index contributed by atoms with van der Waals surface area (Å²) < 4.78 is 0. The van der Waals surface area contributed by atoms with Crippen molar-refractivity contribution < 1.29 is 0 Å². The third-order valence-electron chi connectivity index (χ3n) is 23.9. The van der Waals surface area contributed by atoms with Gasteiger partial charge in [0.15, 0.2) is 0 Å². The maximum Gasteiger partial charge on any atom is 0.0465 e. The summed E-state index contributed by atoms with van der Waals surface area (Å²) in [4.78, 5) is 4.94. The lowest BCUT2D eigenvalue weighted by atomic mass is 9.81. The molecule has 0 spiro atoms. The van der Waals surface area contributed by atoms with E-state index in [0.717, 1.165) is 45.3 Å². The van der Waals surface area contributed by atoms with Gasteiger partial charge in [-0.1, -0.05) is 322 Å². The van der Waals surface area contributed by atoms with E-state index in [9.17, 15) is 0 Å². The zero-order valence-electron chi connectivity index (χ0n) is 60.2. The first kappa shape index (κ1) is 62.9. The van der Waals surface area contributed by atoms with Gasteiger partial charge in [0.1, 0.15) is 0 Å². The summed E-state index contributed by atoms with van der Waals surface area (Å²) in [6.45, 7) is 19.1. The second kappa shape index (κ2) is 23.7. The maximum absolute atomic E-state index is 2.47. The average Bonchev–Trinajstić information content (AvgIpc) is 1.58. The molecule has 0 radical (unpaired) electrons. The molecule has 19 rings (SSSR count). The number of hydrogen-bond donors (Lipinski definition) is 0. The summed E-state index contributed by atoms with van der Waals surface area (Å²) in [5.41, 5.74) is 37.1. The standard InChI is InChI=1S/C102H80N2/c1-99(2)91-29-15-13-25-83(91)87-55-49-75(61-95(87)99)103(73-45-41-71(42-46-73)81-27-17-21-69-19-9-11-23-79(69)81)77-51-57-89-85-53-39-67(59-93(85)101(5,6)97(89)63-77)37-35-65-31-33-66(34-32-65)36-38-68-40-54-86-90-58-52-78(64-98(90)102(7,8)94(86)60-68)104(76-50-56-88-84-26-14-16-30-92(84)100(3,4)96(88)62-76)74-47-43-72(44-48-74)82-28-18-22-70-20-10-12-24-80(70)82/h9-64H,1-8H3. The third kappa shape index (κ3) is 10.0. The van der Waals surface area contributed by atoms with Crippen LogP contribution in [0, 0.1) is 0 Å². The molecule has 15 aromatic carbocycles. The van der Waals surface area contributed by atoms with Crippen LogP contribution in [0.3, 0.4) is 0 Å². The molecule has 0 unspecified atom stereocenters. The number of anilines is 6. The van der Waals surface area contributed by atoms with Crippen molar-refractivity contribution >= 4 is 80.0 Å². The molecule has 0 bridgehead atoms. The van der Waals surface area contributed by atoms with Gasteiger partial charge in [-0.3, -0.25) is 0 Å². The van der Waals surface area contributed by atoms with Crippen molar-refractivity contribution in [2.75, 3.05) is 9.80 Å². The molecular weight excluding hydrogens is 1250 g/mol. The Labute approximate surface area is 611 Å². The Morgan fingerprint density at radius 3 is 0.808 bits per heavy atom. The van der Waals surface area contributed by atoms with Gasteiger partial charge in [-0.25, -0.2) is 0 Å². The molecule has 2 heteroatoms. The van der Waals surface area contributed by atoms with Gasteiger partial charge in [0.2, 0.25) is 0 Å². The van der Waals surface area contributed by atoms with Crippen molar-refractivity contribution in [2.24, 2.45) is 0 Å². The van der Waals surface area contributed by atoms with Crippen LogP contribution in [0.25, 0.3) is 113 Å². The topological polar surface area (TPSA) is 6.48 Å². The van der Waals surface area contributed by atoms with Crippen LogP contribution < -0.4 is 9.80 Å². The molecule has 0 heterocycles. The molecular formula is C102H80N2. The minimum atomic E-state index is -0.238. The summed E-state index contributed by atoms with van der Waals surface area (Å²) in [5.74, 6) is 0. The van der Waals surface area contributed by atoms with E-state index < -0.39 is 0 Å². The van der Waals surface area contributed by atoms with E-state index in [2.05, 4.69) is 405 Å². The fraction of sp³-hybridized carbons (Fsp3) is 0.118. The molecule has 0 saturated carbocycles. The number of fused-ring (bicyclic) bond motifs is 14. The Morgan fingerprint density at radius 2 is 0.442 bits per heavy atom. The van der Waals surface area contributed by atoms with Crippen LogP contribution in [0.2, 0.25) is 0 Å². The zero-order valence-corrected chi connectivity index (χ0v) is 60.2. The van der Waals surface area contributed by atoms with Gasteiger partial charge in [-0.2, -0.15) is 0 Å². The van der Waals surface area contributed by atoms with E-state index in [1.807, 2.05) is 0 Å². The summed E-state index contributed by atoms with van der Waals surface area (Å²) in [6, 6.07) is 118. The number of nitrogens with zero attached hydrogens (tertiary/aromatic N) is 2. The normalized spacial score (nSPS) is 14.8. The van der Waals surface area contributed by atoms with Gasteiger partial charge in [-0.15, -0.1) is 0 Å². The Balaban J connectivity index is 0.575. The smallest absolute Gasteiger partial charge is 0.0465 e. The van der Waals surface area contributed by atoms with Crippen LogP contribution in [-0.4, -0.2) is 0 Å². The predicted octanol–water partition coefficient (Wildman–Crippen LogP) is 27.8. The van der Waals surface area contributed by atoms with Gasteiger partial charge in [0, 0.05) is 55.8 Å². The molecule has 4 aliphatic rings. The van der Waals surface area contributed by atoms with E-state index in [4.69, 9.17) is 0 Å². The highest BCUT2D eigenvalue weighted by molar-refractivity contribution is 6.00. The van der Waals surface area contributed by atoms with Crippen molar-refractivity contribution in [3.05, 3.63) is 382 Å². The van der Waals surface area contributed by atoms with Gasteiger partial charge in [0.05, 0.1) is 0 Å². The molecule has 0 atom stereocenters. The fourth-order valence-corrected chi connectivity index (χ4v) is 18.2. The monoisotopic (exact) mass is 1330 g/mol. The molecule has 0 fully saturated rings. The quantitative estimate of drug-likeness (QED) is 0.113. The molecule has 15 aromatic rings. The summed E-state index contributed by atoms with van der Waals surface area (Å²) >= 11 is 0. The highest BCUT2D eigenvalue weighted by Crippen LogP contribution is 2.57. The lowest BCUT2D eigenvalue weighted by Gasteiger charge is -2.30. The van der Waals surface area contributed by atoms with Crippen LogP contribution in [-0.2, 0) is 21.7 Å². The van der Waals surface area contributed by atoms with Crippen molar-refractivity contribution in [2.45, 2.75) is 77.0 Å². The first-order valence-electron chi connectivity index (χ1n) is 36.9. The summed E-state index contributed by atoms with van der Waals surface area (Å²) in [5, 5.41) is 5.02. The average molecular weight is 1330 g/mol. The van der Waals surface area contributed by atoms with Crippen LogP contribution in [0.15, 0.2) is 315 Å². The largest absolute Gasteiger partial charge is 0.310 e. The van der Waals surface area contributed by atoms with E-state index in [1.165, 1.54) is 144 Å². The first-order valence-corrected chi connectivity index (χ1v) is 36.9. The predicted molar refractivity (Wildman–Crippen MR) is 443 cm³/mol. The molecule has 498 valence electrons. The molecule has 0 N–H and O–H groups in total. The molecule has 104 heavy (non-hydrogen) atoms. The highest BCUT2D eigenvalue weighted by Gasteiger charge is 2.41. The Hall–Kier alpha value is -12.1. The summed E-state index contributed by atoms with van der Waals surface area (Å²) in [7, 11) is 0. The number of hydrogen-bond acceptors (Lipinski definition) is 2. The second-order valence-corrected chi connectivity index (χ2v) is 31.3. The molecule has 0 aromatic heterocycles. The second-order valence-electron chi connectivity index (χ2n) is 31.3. The minimum absolute atomic E-state index is 0.133. The van der Waals surface area contributed by atoms with Gasteiger partial charge >= 0.3 is 0 Å². The van der Waals surface area contributed by atoms with Crippen LogP contribution >= 0.6 is 0 Å². The molecule has 4 aliphatic carbocycles. The first-order chi connectivity index (χ1) is 50.5. The van der Waals surface area contributed by atoms with Crippen molar-refractivity contribution in [1.82, 2.24) is 0 Å². The Kier molecular flexibility index (Phi) is 14.4. The van der Waals surface area contributed by atoms with Gasteiger partial charge in [-0.05, 0) is 228 Å². The van der Waals surface area contributed by atoms with Crippen LogP contribution in [0.1, 0.15) is 122 Å². The molecule has 0 amide bonds. The zero-order chi connectivity index (χ0) is 70.4. The maximum atomic E-state index is 2.47. The van der Waals surface area contributed by atoms with E-state index in [-0.39, 0.29) is 21.7 Å². The van der Waals surface area contributed by atoms with Gasteiger partial charge < -0.3 is 9.80 Å². The Morgan fingerprint density at radius 1 is 0.192 bits per heavy atom. The fourth-order valence-electron chi connectivity index (χ4n) is 18.2. The third-order valence-corrected chi connectivity index (χ3v) is 23.9. The molecule has 0 saturated heterocycles. The SMILES string of the molecule is CC1(C)c2ccccc2-c2ccc(N(c3ccc(-c4cccc5ccccc45)cc3)c3ccc4c(c3)C(C)(C)c3cc(C=Cc5ccc(C=Cc6ccc7c(c6)C(C)(C)c6cc(N(c8ccc(-c9cccc%10ccccc9%10)cc8)c8ccc9c(c8)C(C)(C)c8ccccc8-9)ccc6-7)cc5)ccc3-4)cc21. The minimum Gasteiger partial charge on any atom is -0.310 e. The summed E-state index contributed by atoms with van der Waals surface area (Å²) in [6.07, 6.45) is 9.05. The number of rotatable bonds is 12. The molecule has 2 nitrogen and oxygen atoms in total. The van der Waals surface area contributed by atoms with Crippen molar-refractivity contribution in [3.63, 3.8) is 0 Å². The van der Waals surface area contributed by atoms with Crippen LogP contribution in [0.5, 0.6) is 0 Å². The molecule has 0 aliphatic heterocycles. The highest BCUT2D eigenvalue weighted by atomic mass is 15.1. The van der Waals surface area contributed by atoms with Gasteiger partial charge in [0.25, 0.3) is 0 Å². The Bertz CT molecular complexity index is 5700. The van der Waals surface area contributed by atoms with E-state index in [0.29, 0.717) is 0 Å². The van der Waals surface area contributed by atoms with E-state index in [1.54, 1.807) is 0 Å². The lowest BCUT2D eigenvalue weighted by Crippen LogP contribution is -2.18. The lowest BCUT2D eigenvalue weighted by molar-refractivity contribution is 0.659. The van der Waals surface area contributed by atoms with E-state index >= 15 is 0 Å². The van der Waals surface area contributed by atoms with Crippen LogP contribution in [0.4, 0.5) is 34.1 Å². The van der Waals surface area contributed by atoms with Crippen molar-refractivity contribution in [1.29, 1.82) is 0 Å². The number of benzene rings is 15.